The van der Waals surface area contributed by atoms with Gasteiger partial charge in [0.25, 0.3) is 0 Å². The molecule has 0 unspecified atom stereocenters. The molecule has 0 aliphatic heterocycles. The molecule has 0 atom stereocenters. The van der Waals surface area contributed by atoms with Gasteiger partial charge in [-0.2, -0.15) is 0 Å². The molecule has 2 aromatic rings. The van der Waals surface area contributed by atoms with E-state index >= 15 is 0 Å². The monoisotopic (exact) mass is 465 g/mol. The number of nitrogens with one attached hydrogen (secondary N) is 1. The van der Waals surface area contributed by atoms with Gasteiger partial charge in [-0.25, -0.2) is 0 Å². The van der Waals surface area contributed by atoms with Crippen LogP contribution in [0, 0.1) is 0 Å². The SMILES string of the molecule is CCCCCCCCCCCCc1ccc(Nc2ccc(CCCCCC)c(OCC)c2)cc1. The molecule has 0 aliphatic rings. The third kappa shape index (κ3) is 12.0. The maximum absolute atomic E-state index is 5.95. The number of hydrogen-bond donors (Lipinski definition) is 1. The van der Waals surface area contributed by atoms with Gasteiger partial charge in [0.1, 0.15) is 5.75 Å². The second-order valence-corrected chi connectivity index (χ2v) is 9.82. The van der Waals surface area contributed by atoms with Gasteiger partial charge in [-0.05, 0) is 61.9 Å². The first-order chi connectivity index (χ1) is 16.8. The summed E-state index contributed by atoms with van der Waals surface area (Å²) in [6, 6.07) is 15.6. The Morgan fingerprint density at radius 3 is 1.71 bits per heavy atom. The van der Waals surface area contributed by atoms with Crippen LogP contribution in [0.25, 0.3) is 0 Å². The molecule has 0 saturated carbocycles. The Balaban J connectivity index is 1.71. The van der Waals surface area contributed by atoms with Crippen LogP contribution in [0.5, 0.6) is 5.75 Å². The molecule has 0 radical (unpaired) electrons. The molecule has 0 amide bonds. The maximum atomic E-state index is 5.95. The van der Waals surface area contributed by atoms with Crippen molar-refractivity contribution >= 4 is 11.4 Å². The largest absolute Gasteiger partial charge is 0.494 e. The van der Waals surface area contributed by atoms with E-state index in [1.807, 2.05) is 0 Å². The van der Waals surface area contributed by atoms with Crippen LogP contribution in [-0.4, -0.2) is 6.61 Å². The fourth-order valence-corrected chi connectivity index (χ4v) is 4.61. The molecule has 1 N–H and O–H groups in total. The molecule has 0 bridgehead atoms. The first-order valence-corrected chi connectivity index (χ1v) is 14.4. The highest BCUT2D eigenvalue weighted by atomic mass is 16.5. The first kappa shape index (κ1) is 28.3. The zero-order chi connectivity index (χ0) is 24.3. The highest BCUT2D eigenvalue weighted by molar-refractivity contribution is 5.62. The topological polar surface area (TPSA) is 21.3 Å². The van der Waals surface area contributed by atoms with E-state index in [0.29, 0.717) is 6.61 Å². The van der Waals surface area contributed by atoms with Crippen molar-refractivity contribution in [1.29, 1.82) is 0 Å². The molecule has 2 heteroatoms. The Kier molecular flexibility index (Phi) is 15.3. The van der Waals surface area contributed by atoms with Gasteiger partial charge in [0.15, 0.2) is 0 Å². The summed E-state index contributed by atoms with van der Waals surface area (Å²) in [6.07, 6.45) is 21.4. The zero-order valence-corrected chi connectivity index (χ0v) is 22.5. The number of unbranched alkanes of at least 4 members (excludes halogenated alkanes) is 12. The number of ether oxygens (including phenoxy) is 1. The van der Waals surface area contributed by atoms with Crippen molar-refractivity contribution in [2.24, 2.45) is 0 Å². The summed E-state index contributed by atoms with van der Waals surface area (Å²) in [7, 11) is 0. The second kappa shape index (κ2) is 18.4. The summed E-state index contributed by atoms with van der Waals surface area (Å²) in [5.74, 6) is 1.03. The van der Waals surface area contributed by atoms with Crippen LogP contribution in [0.4, 0.5) is 11.4 Å². The molecule has 34 heavy (non-hydrogen) atoms. The molecule has 2 aromatic carbocycles. The third-order valence-electron chi connectivity index (χ3n) is 6.73. The van der Waals surface area contributed by atoms with Crippen LogP contribution < -0.4 is 10.1 Å². The van der Waals surface area contributed by atoms with Gasteiger partial charge < -0.3 is 10.1 Å². The van der Waals surface area contributed by atoms with Gasteiger partial charge in [-0.1, -0.05) is 109 Å². The lowest BCUT2D eigenvalue weighted by Gasteiger charge is -2.14. The molecular weight excluding hydrogens is 414 g/mol. The van der Waals surface area contributed by atoms with Gasteiger partial charge in [0.2, 0.25) is 0 Å². The van der Waals surface area contributed by atoms with Crippen molar-refractivity contribution in [1.82, 2.24) is 0 Å². The number of benzene rings is 2. The molecule has 190 valence electrons. The predicted octanol–water partition coefficient (Wildman–Crippen LogP) is 10.4. The van der Waals surface area contributed by atoms with Crippen LogP contribution >= 0.6 is 0 Å². The average Bonchev–Trinajstić information content (AvgIpc) is 2.85. The molecule has 0 spiro atoms. The van der Waals surface area contributed by atoms with Gasteiger partial charge >= 0.3 is 0 Å². The minimum atomic E-state index is 0.707. The van der Waals surface area contributed by atoms with E-state index < -0.39 is 0 Å². The fraction of sp³-hybridized carbons (Fsp3) is 0.625. The maximum Gasteiger partial charge on any atom is 0.124 e. The summed E-state index contributed by atoms with van der Waals surface area (Å²) in [4.78, 5) is 0. The van der Waals surface area contributed by atoms with Gasteiger partial charge in [-0.3, -0.25) is 0 Å². The summed E-state index contributed by atoms with van der Waals surface area (Å²) in [5.41, 5.74) is 5.02. The predicted molar refractivity (Wildman–Crippen MR) is 151 cm³/mol. The summed E-state index contributed by atoms with van der Waals surface area (Å²) in [6.45, 7) is 7.32. The van der Waals surface area contributed by atoms with Crippen LogP contribution in [0.2, 0.25) is 0 Å². The van der Waals surface area contributed by atoms with Gasteiger partial charge in [-0.15, -0.1) is 0 Å². The number of aryl methyl sites for hydroxylation is 2. The summed E-state index contributed by atoms with van der Waals surface area (Å²) >= 11 is 0. The molecule has 0 aromatic heterocycles. The van der Waals surface area contributed by atoms with E-state index in [-0.39, 0.29) is 0 Å². The highest BCUT2D eigenvalue weighted by Gasteiger charge is 2.06. The molecule has 0 heterocycles. The fourth-order valence-electron chi connectivity index (χ4n) is 4.61. The van der Waals surface area contributed by atoms with Crippen molar-refractivity contribution in [2.45, 2.75) is 124 Å². The molecule has 0 fully saturated rings. The van der Waals surface area contributed by atoms with Crippen molar-refractivity contribution in [3.63, 3.8) is 0 Å². The number of hydrogen-bond acceptors (Lipinski definition) is 2. The van der Waals surface area contributed by atoms with Gasteiger partial charge in [0, 0.05) is 17.4 Å². The van der Waals surface area contributed by atoms with E-state index in [2.05, 4.69) is 68.6 Å². The Morgan fingerprint density at radius 1 is 0.559 bits per heavy atom. The van der Waals surface area contributed by atoms with Crippen LogP contribution in [0.15, 0.2) is 42.5 Å². The van der Waals surface area contributed by atoms with Crippen molar-refractivity contribution < 1.29 is 4.74 Å². The molecular formula is C32H51NO. The van der Waals surface area contributed by atoms with E-state index in [9.17, 15) is 0 Å². The van der Waals surface area contributed by atoms with E-state index in [0.717, 1.165) is 23.5 Å². The number of rotatable bonds is 20. The lowest BCUT2D eigenvalue weighted by Crippen LogP contribution is -1.99. The lowest BCUT2D eigenvalue weighted by atomic mass is 10.0. The molecule has 2 rings (SSSR count). The van der Waals surface area contributed by atoms with E-state index in [1.165, 1.54) is 107 Å². The third-order valence-corrected chi connectivity index (χ3v) is 6.73. The molecule has 0 aliphatic carbocycles. The summed E-state index contributed by atoms with van der Waals surface area (Å²) < 4.78 is 5.95. The standard InChI is InChI=1S/C32H51NO/c1-4-7-9-11-12-13-14-15-16-17-19-28-21-24-30(25-22-28)33-31-26-23-29(20-18-10-8-5-2)32(27-31)34-6-3/h21-27,33H,4-20H2,1-3H3. The normalized spacial score (nSPS) is 11.0. The van der Waals surface area contributed by atoms with Crippen molar-refractivity contribution in [3.8, 4) is 5.75 Å². The minimum absolute atomic E-state index is 0.707. The van der Waals surface area contributed by atoms with E-state index in [1.54, 1.807) is 0 Å². The average molecular weight is 466 g/mol. The first-order valence-electron chi connectivity index (χ1n) is 14.4. The highest BCUT2D eigenvalue weighted by Crippen LogP contribution is 2.28. The van der Waals surface area contributed by atoms with Crippen LogP contribution in [0.1, 0.15) is 122 Å². The van der Waals surface area contributed by atoms with Crippen molar-refractivity contribution in [3.05, 3.63) is 53.6 Å². The smallest absolute Gasteiger partial charge is 0.124 e. The quantitative estimate of drug-likeness (QED) is 0.196. The Morgan fingerprint density at radius 2 is 1.09 bits per heavy atom. The Hall–Kier alpha value is -1.96. The number of anilines is 2. The van der Waals surface area contributed by atoms with E-state index in [4.69, 9.17) is 4.74 Å². The zero-order valence-electron chi connectivity index (χ0n) is 22.5. The Bertz CT molecular complexity index is 752. The van der Waals surface area contributed by atoms with Gasteiger partial charge in [0.05, 0.1) is 6.61 Å². The summed E-state index contributed by atoms with van der Waals surface area (Å²) in [5, 5.41) is 3.56. The second-order valence-electron chi connectivity index (χ2n) is 9.82. The van der Waals surface area contributed by atoms with Crippen LogP contribution in [-0.2, 0) is 12.8 Å². The molecule has 0 saturated heterocycles. The minimum Gasteiger partial charge on any atom is -0.494 e. The van der Waals surface area contributed by atoms with Crippen molar-refractivity contribution in [2.75, 3.05) is 11.9 Å². The van der Waals surface area contributed by atoms with Crippen LogP contribution in [0.3, 0.4) is 0 Å². The Labute approximate surface area is 210 Å². The molecule has 2 nitrogen and oxygen atoms in total. The lowest BCUT2D eigenvalue weighted by molar-refractivity contribution is 0.336.